The second-order valence-electron chi connectivity index (χ2n) is 4.73. The number of nitro benzene ring substituents is 1. The van der Waals surface area contributed by atoms with Crippen molar-refractivity contribution in [3.8, 4) is 5.75 Å². The number of nitro groups is 1. The van der Waals surface area contributed by atoms with Gasteiger partial charge in [0.25, 0.3) is 11.6 Å². The number of carbonyl (C=O) groups is 1. The van der Waals surface area contributed by atoms with Gasteiger partial charge in [0.15, 0.2) is 6.61 Å². The van der Waals surface area contributed by atoms with E-state index in [4.69, 9.17) is 4.74 Å². The number of nitrogens with zero attached hydrogens (tertiary/aromatic N) is 1. The fraction of sp³-hybridized carbons (Fsp3) is 0.188. The van der Waals surface area contributed by atoms with Gasteiger partial charge in [0.1, 0.15) is 11.6 Å². The summed E-state index contributed by atoms with van der Waals surface area (Å²) in [6, 6.07) is 11.8. The molecule has 7 heteroatoms. The summed E-state index contributed by atoms with van der Waals surface area (Å²) in [4.78, 5) is 21.6. The molecule has 0 saturated carbocycles. The Balaban J connectivity index is 1.73. The van der Waals surface area contributed by atoms with Gasteiger partial charge >= 0.3 is 0 Å². The molecule has 23 heavy (non-hydrogen) atoms. The lowest BCUT2D eigenvalue weighted by molar-refractivity contribution is -0.384. The second kappa shape index (κ2) is 7.88. The Morgan fingerprint density at radius 3 is 2.52 bits per heavy atom. The molecule has 0 fully saturated rings. The van der Waals surface area contributed by atoms with Crippen molar-refractivity contribution < 1.29 is 18.8 Å². The van der Waals surface area contributed by atoms with Gasteiger partial charge < -0.3 is 10.1 Å². The number of non-ortho nitro benzene ring substituents is 1. The smallest absolute Gasteiger partial charge is 0.269 e. The van der Waals surface area contributed by atoms with E-state index in [2.05, 4.69) is 5.32 Å². The van der Waals surface area contributed by atoms with E-state index in [0.717, 1.165) is 0 Å². The van der Waals surface area contributed by atoms with Crippen LogP contribution in [0.4, 0.5) is 10.1 Å². The third-order valence-corrected chi connectivity index (χ3v) is 3.09. The Labute approximate surface area is 132 Å². The number of halogens is 1. The maximum absolute atomic E-state index is 13.4. The van der Waals surface area contributed by atoms with Gasteiger partial charge in [-0.3, -0.25) is 14.9 Å². The van der Waals surface area contributed by atoms with Crippen molar-refractivity contribution in [2.24, 2.45) is 0 Å². The Kier molecular flexibility index (Phi) is 5.62. The van der Waals surface area contributed by atoms with Crippen LogP contribution in [0.25, 0.3) is 0 Å². The van der Waals surface area contributed by atoms with Gasteiger partial charge in [0, 0.05) is 18.7 Å². The van der Waals surface area contributed by atoms with E-state index in [-0.39, 0.29) is 24.0 Å². The highest BCUT2D eigenvalue weighted by molar-refractivity contribution is 5.77. The molecule has 0 atom stereocenters. The number of hydrogen-bond donors (Lipinski definition) is 1. The maximum Gasteiger partial charge on any atom is 0.269 e. The van der Waals surface area contributed by atoms with Crippen molar-refractivity contribution in [1.82, 2.24) is 5.32 Å². The quantitative estimate of drug-likeness (QED) is 0.628. The zero-order chi connectivity index (χ0) is 16.7. The van der Waals surface area contributed by atoms with Gasteiger partial charge in [-0.2, -0.15) is 0 Å². The van der Waals surface area contributed by atoms with E-state index in [0.29, 0.717) is 24.3 Å². The van der Waals surface area contributed by atoms with Crippen LogP contribution >= 0.6 is 0 Å². The number of carbonyl (C=O) groups excluding carboxylic acids is 1. The normalized spacial score (nSPS) is 10.1. The average Bonchev–Trinajstić information content (AvgIpc) is 2.55. The lowest BCUT2D eigenvalue weighted by Crippen LogP contribution is -2.30. The predicted octanol–water partition coefficient (Wildman–Crippen LogP) is 2.47. The number of amides is 1. The number of rotatable bonds is 7. The van der Waals surface area contributed by atoms with E-state index in [1.54, 1.807) is 18.2 Å². The van der Waals surface area contributed by atoms with E-state index in [9.17, 15) is 19.3 Å². The minimum absolute atomic E-state index is 0.0494. The number of ether oxygens (including phenoxy) is 1. The summed E-state index contributed by atoms with van der Waals surface area (Å²) in [5.74, 6) is -0.288. The molecule has 0 spiro atoms. The van der Waals surface area contributed by atoms with Crippen LogP contribution < -0.4 is 10.1 Å². The molecule has 0 heterocycles. The SMILES string of the molecule is O=C(COc1ccc([N+](=O)[O-])cc1)NCCc1ccccc1F. The molecule has 0 aliphatic carbocycles. The maximum atomic E-state index is 13.4. The molecule has 0 unspecified atom stereocenters. The molecule has 0 saturated heterocycles. The van der Waals surface area contributed by atoms with Crippen LogP contribution in [-0.4, -0.2) is 24.0 Å². The molecule has 2 rings (SSSR count). The molecule has 0 bridgehead atoms. The summed E-state index contributed by atoms with van der Waals surface area (Å²) in [5.41, 5.74) is 0.482. The summed E-state index contributed by atoms with van der Waals surface area (Å²) in [6.07, 6.45) is 0.385. The van der Waals surface area contributed by atoms with Crippen LogP contribution in [0.1, 0.15) is 5.56 Å². The van der Waals surface area contributed by atoms with Crippen LogP contribution in [0.15, 0.2) is 48.5 Å². The summed E-state index contributed by atoms with van der Waals surface area (Å²) in [7, 11) is 0. The van der Waals surface area contributed by atoms with Crippen LogP contribution in [0.2, 0.25) is 0 Å². The molecular formula is C16H15FN2O4. The molecule has 0 aromatic heterocycles. The first kappa shape index (κ1) is 16.4. The fourth-order valence-electron chi connectivity index (χ4n) is 1.90. The Hall–Kier alpha value is -2.96. The monoisotopic (exact) mass is 318 g/mol. The standard InChI is InChI=1S/C16H15FN2O4/c17-15-4-2-1-3-12(15)9-10-18-16(20)11-23-14-7-5-13(6-8-14)19(21)22/h1-8H,9-11H2,(H,18,20). The molecule has 1 amide bonds. The highest BCUT2D eigenvalue weighted by Crippen LogP contribution is 2.17. The minimum atomic E-state index is -0.515. The van der Waals surface area contributed by atoms with E-state index in [1.807, 2.05) is 0 Å². The molecule has 6 nitrogen and oxygen atoms in total. The van der Waals surface area contributed by atoms with Crippen molar-refractivity contribution in [2.75, 3.05) is 13.2 Å². The van der Waals surface area contributed by atoms with E-state index in [1.165, 1.54) is 30.3 Å². The molecule has 2 aromatic rings. The van der Waals surface area contributed by atoms with Gasteiger partial charge in [0.2, 0.25) is 0 Å². The summed E-state index contributed by atoms with van der Waals surface area (Å²) < 4.78 is 18.6. The summed E-state index contributed by atoms with van der Waals surface area (Å²) >= 11 is 0. The van der Waals surface area contributed by atoms with E-state index >= 15 is 0 Å². The average molecular weight is 318 g/mol. The lowest BCUT2D eigenvalue weighted by Gasteiger charge is -2.08. The van der Waals surface area contributed by atoms with Crippen LogP contribution in [0.3, 0.4) is 0 Å². The Morgan fingerprint density at radius 2 is 1.87 bits per heavy atom. The minimum Gasteiger partial charge on any atom is -0.484 e. The highest BCUT2D eigenvalue weighted by atomic mass is 19.1. The van der Waals surface area contributed by atoms with Gasteiger partial charge in [-0.15, -0.1) is 0 Å². The van der Waals surface area contributed by atoms with E-state index < -0.39 is 4.92 Å². The molecule has 0 aliphatic heterocycles. The fourth-order valence-corrected chi connectivity index (χ4v) is 1.90. The number of hydrogen-bond acceptors (Lipinski definition) is 4. The first-order valence-corrected chi connectivity index (χ1v) is 6.93. The molecule has 2 aromatic carbocycles. The van der Waals surface area contributed by atoms with Crippen molar-refractivity contribution in [2.45, 2.75) is 6.42 Å². The first-order valence-electron chi connectivity index (χ1n) is 6.93. The second-order valence-corrected chi connectivity index (χ2v) is 4.73. The predicted molar refractivity (Wildman–Crippen MR) is 81.7 cm³/mol. The van der Waals surface area contributed by atoms with Crippen LogP contribution in [0, 0.1) is 15.9 Å². The zero-order valence-electron chi connectivity index (χ0n) is 12.2. The molecule has 0 radical (unpaired) electrons. The third-order valence-electron chi connectivity index (χ3n) is 3.09. The zero-order valence-corrected chi connectivity index (χ0v) is 12.2. The summed E-state index contributed by atoms with van der Waals surface area (Å²) in [5, 5.41) is 13.1. The molecule has 120 valence electrons. The van der Waals surface area contributed by atoms with Crippen molar-refractivity contribution >= 4 is 11.6 Å². The van der Waals surface area contributed by atoms with Gasteiger partial charge in [-0.25, -0.2) is 4.39 Å². The third kappa shape index (κ3) is 5.06. The number of nitrogens with one attached hydrogen (secondary N) is 1. The van der Waals surface area contributed by atoms with Crippen molar-refractivity contribution in [3.63, 3.8) is 0 Å². The topological polar surface area (TPSA) is 81.5 Å². The first-order chi connectivity index (χ1) is 11.1. The molecule has 0 aliphatic rings. The molecule has 1 N–H and O–H groups in total. The van der Waals surface area contributed by atoms with Crippen LogP contribution in [0.5, 0.6) is 5.75 Å². The van der Waals surface area contributed by atoms with Crippen molar-refractivity contribution in [1.29, 1.82) is 0 Å². The highest BCUT2D eigenvalue weighted by Gasteiger charge is 2.07. The summed E-state index contributed by atoms with van der Waals surface area (Å²) in [6.45, 7) is 0.0818. The van der Waals surface area contributed by atoms with Gasteiger partial charge in [0.05, 0.1) is 4.92 Å². The van der Waals surface area contributed by atoms with Crippen LogP contribution in [-0.2, 0) is 11.2 Å². The largest absolute Gasteiger partial charge is 0.484 e. The Bertz CT molecular complexity index is 689. The molecular weight excluding hydrogens is 303 g/mol. The Morgan fingerprint density at radius 1 is 1.17 bits per heavy atom. The van der Waals surface area contributed by atoms with Gasteiger partial charge in [-0.1, -0.05) is 18.2 Å². The van der Waals surface area contributed by atoms with Gasteiger partial charge in [-0.05, 0) is 30.2 Å². The number of benzene rings is 2. The van der Waals surface area contributed by atoms with Crippen molar-refractivity contribution in [3.05, 3.63) is 70.0 Å². The lowest BCUT2D eigenvalue weighted by atomic mass is 10.1.